The molecule has 0 spiro atoms. The first kappa shape index (κ1) is 26.0. The SMILES string of the molecule is CCN(C)c1cc(NC(=O)Cn2cc(-c3cc(Cl)c(O)c(C(N)=O)c3)c3c(=O)n(C)cnc32)c(Cl)cn1. The summed E-state index contributed by atoms with van der Waals surface area (Å²) in [7, 11) is 3.40. The summed E-state index contributed by atoms with van der Waals surface area (Å²) in [6.45, 7) is 2.47. The fourth-order valence-corrected chi connectivity index (χ4v) is 4.16. The third-order valence-electron chi connectivity index (χ3n) is 5.87. The number of phenols is 1. The van der Waals surface area contributed by atoms with Crippen LogP contribution in [0.5, 0.6) is 5.75 Å². The van der Waals surface area contributed by atoms with Crippen LogP contribution in [0.25, 0.3) is 22.2 Å². The monoisotopic (exact) mass is 543 g/mol. The van der Waals surface area contributed by atoms with Gasteiger partial charge in [-0.25, -0.2) is 9.97 Å². The van der Waals surface area contributed by atoms with E-state index in [1.165, 1.54) is 40.8 Å². The fraction of sp³-hybridized carbons (Fsp3) is 0.208. The first-order valence-electron chi connectivity index (χ1n) is 11.1. The van der Waals surface area contributed by atoms with E-state index in [-0.39, 0.29) is 38.7 Å². The number of nitrogens with one attached hydrogen (secondary N) is 1. The Hall–Kier alpha value is -4.09. The molecule has 0 aliphatic carbocycles. The molecule has 4 N–H and O–H groups in total. The number of anilines is 2. The minimum atomic E-state index is -0.891. The number of aromatic nitrogens is 4. The highest BCUT2D eigenvalue weighted by molar-refractivity contribution is 6.34. The maximum absolute atomic E-state index is 13.1. The van der Waals surface area contributed by atoms with Crippen LogP contribution in [-0.4, -0.2) is 49.6 Å². The molecule has 2 amide bonds. The number of nitrogens with zero attached hydrogens (tertiary/aromatic N) is 5. The first-order valence-corrected chi connectivity index (χ1v) is 11.8. The Labute approximate surface area is 221 Å². The van der Waals surface area contributed by atoms with Crippen LogP contribution < -0.4 is 21.5 Å². The average molecular weight is 544 g/mol. The van der Waals surface area contributed by atoms with Crippen LogP contribution in [0.2, 0.25) is 10.0 Å². The summed E-state index contributed by atoms with van der Waals surface area (Å²) in [6, 6.07) is 4.40. The minimum Gasteiger partial charge on any atom is -0.506 e. The second-order valence-electron chi connectivity index (χ2n) is 8.33. The van der Waals surface area contributed by atoms with Crippen LogP contribution in [0.4, 0.5) is 11.5 Å². The number of fused-ring (bicyclic) bond motifs is 1. The predicted molar refractivity (Wildman–Crippen MR) is 142 cm³/mol. The Morgan fingerprint density at radius 3 is 2.59 bits per heavy atom. The average Bonchev–Trinajstić information content (AvgIpc) is 3.22. The molecule has 11 nitrogen and oxygen atoms in total. The maximum Gasteiger partial charge on any atom is 0.263 e. The first-order chi connectivity index (χ1) is 17.5. The van der Waals surface area contributed by atoms with E-state index in [0.717, 1.165) is 0 Å². The van der Waals surface area contributed by atoms with E-state index in [0.29, 0.717) is 29.2 Å². The molecule has 0 atom stereocenters. The number of carbonyl (C=O) groups excluding carboxylic acids is 2. The Kier molecular flexibility index (Phi) is 7.10. The van der Waals surface area contributed by atoms with Gasteiger partial charge < -0.3 is 30.2 Å². The van der Waals surface area contributed by atoms with Crippen LogP contribution >= 0.6 is 23.2 Å². The Balaban J connectivity index is 1.77. The van der Waals surface area contributed by atoms with Crippen molar-refractivity contribution in [3.63, 3.8) is 0 Å². The quantitative estimate of drug-likeness (QED) is 0.324. The highest BCUT2D eigenvalue weighted by atomic mass is 35.5. The number of carbonyl (C=O) groups is 2. The molecule has 0 fully saturated rings. The molecule has 0 bridgehead atoms. The van der Waals surface area contributed by atoms with E-state index in [9.17, 15) is 19.5 Å². The number of hydrogen-bond donors (Lipinski definition) is 3. The smallest absolute Gasteiger partial charge is 0.263 e. The standard InChI is InChI=1S/C24H23Cl2N7O4/c1-4-31(2)18-7-17(16(26)8-28-18)30-19(34)10-33-9-14(20-23(33)29-11-32(3)24(20)37)12-5-13(22(27)36)21(35)15(25)6-12/h5-9,11,35H,4,10H2,1-3H3,(H2,27,36)(H,28,30,34). The zero-order chi connectivity index (χ0) is 27.0. The molecular weight excluding hydrogens is 521 g/mol. The van der Waals surface area contributed by atoms with Gasteiger partial charge in [0.2, 0.25) is 5.91 Å². The predicted octanol–water partition coefficient (Wildman–Crippen LogP) is 3.00. The number of amides is 2. The van der Waals surface area contributed by atoms with Crippen LogP contribution in [0, 0.1) is 0 Å². The van der Waals surface area contributed by atoms with E-state index >= 15 is 0 Å². The number of halogens is 2. The second kappa shape index (κ2) is 10.1. The number of nitrogens with two attached hydrogens (primary N) is 1. The summed E-state index contributed by atoms with van der Waals surface area (Å²) >= 11 is 12.4. The zero-order valence-electron chi connectivity index (χ0n) is 20.1. The lowest BCUT2D eigenvalue weighted by atomic mass is 10.0. The lowest BCUT2D eigenvalue weighted by molar-refractivity contribution is -0.116. The Bertz CT molecular complexity index is 1610. The van der Waals surface area contributed by atoms with Gasteiger partial charge in [0.1, 0.15) is 23.8 Å². The van der Waals surface area contributed by atoms with E-state index in [1.54, 1.807) is 12.3 Å². The van der Waals surface area contributed by atoms with Crippen molar-refractivity contribution < 1.29 is 14.7 Å². The highest BCUT2D eigenvalue weighted by Crippen LogP contribution is 2.36. The molecule has 1 aromatic carbocycles. The van der Waals surface area contributed by atoms with Gasteiger partial charge in [0.05, 0.1) is 39.2 Å². The molecule has 4 aromatic rings. The number of pyridine rings is 1. The third-order valence-corrected chi connectivity index (χ3v) is 6.46. The van der Waals surface area contributed by atoms with Crippen LogP contribution in [0.15, 0.2) is 41.7 Å². The van der Waals surface area contributed by atoms with Crippen LogP contribution in [-0.2, 0) is 18.4 Å². The molecule has 37 heavy (non-hydrogen) atoms. The van der Waals surface area contributed by atoms with E-state index in [2.05, 4.69) is 15.3 Å². The largest absolute Gasteiger partial charge is 0.506 e. The van der Waals surface area contributed by atoms with Crippen molar-refractivity contribution >= 4 is 57.6 Å². The van der Waals surface area contributed by atoms with Gasteiger partial charge in [-0.1, -0.05) is 23.2 Å². The summed E-state index contributed by atoms with van der Waals surface area (Å²) < 4.78 is 2.79. The van der Waals surface area contributed by atoms with Gasteiger partial charge in [0.15, 0.2) is 0 Å². The van der Waals surface area contributed by atoms with Crippen molar-refractivity contribution in [1.29, 1.82) is 0 Å². The molecule has 3 heterocycles. The van der Waals surface area contributed by atoms with Crippen molar-refractivity contribution in [3.8, 4) is 16.9 Å². The summed E-state index contributed by atoms with van der Waals surface area (Å²) in [5.41, 5.74) is 6.12. The third kappa shape index (κ3) is 4.95. The lowest BCUT2D eigenvalue weighted by Gasteiger charge is -2.17. The number of rotatable bonds is 7. The van der Waals surface area contributed by atoms with Crippen molar-refractivity contribution in [3.05, 3.63) is 62.9 Å². The van der Waals surface area contributed by atoms with Crippen LogP contribution in [0.3, 0.4) is 0 Å². The van der Waals surface area contributed by atoms with Crippen molar-refractivity contribution in [2.45, 2.75) is 13.5 Å². The maximum atomic E-state index is 13.1. The summed E-state index contributed by atoms with van der Waals surface area (Å²) in [5, 5.41) is 13.2. The van der Waals surface area contributed by atoms with Gasteiger partial charge in [-0.3, -0.25) is 14.4 Å². The van der Waals surface area contributed by atoms with Crippen LogP contribution in [0.1, 0.15) is 17.3 Å². The number of benzene rings is 1. The Morgan fingerprint density at radius 2 is 1.92 bits per heavy atom. The van der Waals surface area contributed by atoms with Crippen molar-refractivity contribution in [2.75, 3.05) is 23.8 Å². The summed E-state index contributed by atoms with van der Waals surface area (Å²) in [5.74, 6) is -1.15. The van der Waals surface area contributed by atoms with Gasteiger partial charge in [-0.05, 0) is 24.6 Å². The van der Waals surface area contributed by atoms with Crippen molar-refractivity contribution in [2.24, 2.45) is 12.8 Å². The Morgan fingerprint density at radius 1 is 1.19 bits per heavy atom. The fourth-order valence-electron chi connectivity index (χ4n) is 3.79. The topological polar surface area (TPSA) is 148 Å². The van der Waals surface area contributed by atoms with Crippen molar-refractivity contribution in [1.82, 2.24) is 19.1 Å². The van der Waals surface area contributed by atoms with E-state index in [4.69, 9.17) is 28.9 Å². The molecule has 192 valence electrons. The molecule has 0 saturated carbocycles. The van der Waals surface area contributed by atoms with Gasteiger partial charge in [-0.15, -0.1) is 0 Å². The molecule has 0 aliphatic heterocycles. The highest BCUT2D eigenvalue weighted by Gasteiger charge is 2.21. The van der Waals surface area contributed by atoms with Gasteiger partial charge in [-0.2, -0.15) is 0 Å². The molecule has 13 heteroatoms. The molecule has 0 unspecified atom stereocenters. The number of aromatic hydroxyl groups is 1. The number of aryl methyl sites for hydroxylation is 1. The van der Waals surface area contributed by atoms with E-state index in [1.807, 2.05) is 18.9 Å². The zero-order valence-corrected chi connectivity index (χ0v) is 21.6. The second-order valence-corrected chi connectivity index (χ2v) is 9.15. The summed E-state index contributed by atoms with van der Waals surface area (Å²) in [6.07, 6.45) is 4.35. The molecule has 0 saturated heterocycles. The minimum absolute atomic E-state index is 0.120. The molecule has 0 aliphatic rings. The molecule has 4 rings (SSSR count). The summed E-state index contributed by atoms with van der Waals surface area (Å²) in [4.78, 5) is 48.4. The molecular formula is C24H23Cl2N7O4. The molecule has 3 aromatic heterocycles. The van der Waals surface area contributed by atoms with Gasteiger partial charge in [0, 0.05) is 38.5 Å². The normalized spacial score (nSPS) is 11.1. The lowest BCUT2D eigenvalue weighted by Crippen LogP contribution is -2.21. The van der Waals surface area contributed by atoms with Gasteiger partial charge >= 0.3 is 0 Å². The number of hydrogen-bond acceptors (Lipinski definition) is 7. The van der Waals surface area contributed by atoms with E-state index < -0.39 is 17.6 Å². The number of primary amides is 1. The molecule has 0 radical (unpaired) electrons. The van der Waals surface area contributed by atoms with Gasteiger partial charge in [0.25, 0.3) is 11.5 Å².